The van der Waals surface area contributed by atoms with E-state index in [0.29, 0.717) is 25.4 Å². The van der Waals surface area contributed by atoms with Gasteiger partial charge in [0.2, 0.25) is 0 Å². The van der Waals surface area contributed by atoms with Crippen LogP contribution in [-0.4, -0.2) is 25.4 Å². The number of hydrogen-bond donors (Lipinski definition) is 1. The first-order valence-electron chi connectivity index (χ1n) is 7.81. The Balaban J connectivity index is 1.62. The number of rotatable bonds is 8. The molecule has 0 aromatic heterocycles. The van der Waals surface area contributed by atoms with E-state index in [1.807, 2.05) is 12.1 Å². The minimum Gasteiger partial charge on any atom is -0.491 e. The first-order chi connectivity index (χ1) is 9.74. The topological polar surface area (TPSA) is 30.5 Å². The third-order valence-corrected chi connectivity index (χ3v) is 3.65. The van der Waals surface area contributed by atoms with Gasteiger partial charge in [0.1, 0.15) is 12.4 Å². The maximum Gasteiger partial charge on any atom is 0.119 e. The van der Waals surface area contributed by atoms with Crippen molar-refractivity contribution in [3.05, 3.63) is 29.8 Å². The number of benzene rings is 1. The minimum absolute atomic E-state index is 0.475. The lowest BCUT2D eigenvalue weighted by atomic mass is 10.2. The lowest BCUT2D eigenvalue weighted by molar-refractivity contribution is 0.0382. The molecule has 1 N–H and O–H groups in total. The van der Waals surface area contributed by atoms with Gasteiger partial charge in [0.25, 0.3) is 0 Å². The molecule has 112 valence electrons. The van der Waals surface area contributed by atoms with Crippen LogP contribution in [0.2, 0.25) is 0 Å². The fourth-order valence-corrected chi connectivity index (χ4v) is 2.45. The highest BCUT2D eigenvalue weighted by atomic mass is 16.5. The van der Waals surface area contributed by atoms with Gasteiger partial charge in [-0.25, -0.2) is 0 Å². The third kappa shape index (κ3) is 5.51. The Hall–Kier alpha value is -1.06. The van der Waals surface area contributed by atoms with Crippen molar-refractivity contribution in [1.29, 1.82) is 0 Å². The van der Waals surface area contributed by atoms with Crippen LogP contribution in [0.25, 0.3) is 0 Å². The maximum atomic E-state index is 5.78. The van der Waals surface area contributed by atoms with E-state index in [2.05, 4.69) is 31.3 Å². The summed E-state index contributed by atoms with van der Waals surface area (Å²) in [6, 6.07) is 8.81. The van der Waals surface area contributed by atoms with Gasteiger partial charge in [0.05, 0.1) is 12.7 Å². The first kappa shape index (κ1) is 15.3. The Bertz CT molecular complexity index is 369. The van der Waals surface area contributed by atoms with Crippen LogP contribution in [0.4, 0.5) is 0 Å². The van der Waals surface area contributed by atoms with E-state index >= 15 is 0 Å². The van der Waals surface area contributed by atoms with Gasteiger partial charge in [-0.1, -0.05) is 38.8 Å². The van der Waals surface area contributed by atoms with E-state index in [-0.39, 0.29) is 0 Å². The zero-order valence-corrected chi connectivity index (χ0v) is 12.7. The summed E-state index contributed by atoms with van der Waals surface area (Å²) in [5, 5.41) is 3.40. The zero-order valence-electron chi connectivity index (χ0n) is 12.7. The van der Waals surface area contributed by atoms with Crippen molar-refractivity contribution < 1.29 is 9.47 Å². The summed E-state index contributed by atoms with van der Waals surface area (Å²) in [5.74, 6) is 0.924. The molecular formula is C17H27NO2. The Morgan fingerprint density at radius 2 is 1.80 bits per heavy atom. The van der Waals surface area contributed by atoms with Crippen LogP contribution in [0.3, 0.4) is 0 Å². The van der Waals surface area contributed by atoms with Crippen molar-refractivity contribution in [3.8, 4) is 5.75 Å². The van der Waals surface area contributed by atoms with Crippen LogP contribution in [0, 0.1) is 0 Å². The average Bonchev–Trinajstić information content (AvgIpc) is 2.96. The molecule has 0 amide bonds. The summed E-state index contributed by atoms with van der Waals surface area (Å²) >= 11 is 0. The Labute approximate surface area is 122 Å². The molecule has 3 heteroatoms. The van der Waals surface area contributed by atoms with Gasteiger partial charge < -0.3 is 14.8 Å². The lowest BCUT2D eigenvalue weighted by Crippen LogP contribution is -2.21. The van der Waals surface area contributed by atoms with Crippen LogP contribution in [0.15, 0.2) is 24.3 Å². The maximum absolute atomic E-state index is 5.78. The molecule has 0 aliphatic heterocycles. The quantitative estimate of drug-likeness (QED) is 0.737. The predicted molar refractivity (Wildman–Crippen MR) is 82.1 cm³/mol. The van der Waals surface area contributed by atoms with Gasteiger partial charge in [-0.15, -0.1) is 0 Å². The van der Waals surface area contributed by atoms with Crippen LogP contribution in [-0.2, 0) is 11.3 Å². The van der Waals surface area contributed by atoms with Crippen molar-refractivity contribution in [2.24, 2.45) is 0 Å². The van der Waals surface area contributed by atoms with Gasteiger partial charge in [0.15, 0.2) is 0 Å². The molecule has 1 aliphatic rings. The van der Waals surface area contributed by atoms with Crippen molar-refractivity contribution in [2.45, 2.75) is 58.2 Å². The largest absolute Gasteiger partial charge is 0.491 e. The summed E-state index contributed by atoms with van der Waals surface area (Å²) in [6.07, 6.45) is 5.55. The molecule has 0 radical (unpaired) electrons. The van der Waals surface area contributed by atoms with E-state index in [1.165, 1.54) is 31.2 Å². The SMILES string of the molecule is CC(C)NCc1ccc(OCCOC2CCCC2)cc1. The number of nitrogens with one attached hydrogen (secondary N) is 1. The second kappa shape index (κ2) is 8.28. The smallest absolute Gasteiger partial charge is 0.119 e. The molecule has 0 heterocycles. The second-order valence-corrected chi connectivity index (χ2v) is 5.81. The van der Waals surface area contributed by atoms with Crippen molar-refractivity contribution in [3.63, 3.8) is 0 Å². The van der Waals surface area contributed by atoms with Gasteiger partial charge in [-0.05, 0) is 30.5 Å². The molecule has 3 nitrogen and oxygen atoms in total. The Morgan fingerprint density at radius 1 is 1.10 bits per heavy atom. The molecule has 20 heavy (non-hydrogen) atoms. The molecule has 0 saturated heterocycles. The Kier molecular flexibility index (Phi) is 6.34. The number of ether oxygens (including phenoxy) is 2. The molecule has 1 fully saturated rings. The molecular weight excluding hydrogens is 250 g/mol. The summed E-state index contributed by atoms with van der Waals surface area (Å²) < 4.78 is 11.5. The lowest BCUT2D eigenvalue weighted by Gasteiger charge is -2.12. The molecule has 2 rings (SSSR count). The fraction of sp³-hybridized carbons (Fsp3) is 0.647. The molecule has 1 aromatic rings. The van der Waals surface area contributed by atoms with Crippen LogP contribution < -0.4 is 10.1 Å². The summed E-state index contributed by atoms with van der Waals surface area (Å²) in [4.78, 5) is 0. The van der Waals surface area contributed by atoms with E-state index in [4.69, 9.17) is 9.47 Å². The fourth-order valence-electron chi connectivity index (χ4n) is 2.45. The van der Waals surface area contributed by atoms with Gasteiger partial charge in [-0.3, -0.25) is 0 Å². The highest BCUT2D eigenvalue weighted by Crippen LogP contribution is 2.20. The Morgan fingerprint density at radius 3 is 2.45 bits per heavy atom. The van der Waals surface area contributed by atoms with E-state index < -0.39 is 0 Å². The molecule has 0 bridgehead atoms. The van der Waals surface area contributed by atoms with Gasteiger partial charge in [-0.2, -0.15) is 0 Å². The summed E-state index contributed by atoms with van der Waals surface area (Å²) in [6.45, 7) is 6.55. The van der Waals surface area contributed by atoms with Crippen LogP contribution >= 0.6 is 0 Å². The monoisotopic (exact) mass is 277 g/mol. The highest BCUT2D eigenvalue weighted by molar-refractivity contribution is 5.27. The molecule has 0 unspecified atom stereocenters. The minimum atomic E-state index is 0.475. The van der Waals surface area contributed by atoms with Gasteiger partial charge >= 0.3 is 0 Å². The van der Waals surface area contributed by atoms with Crippen molar-refractivity contribution in [2.75, 3.05) is 13.2 Å². The predicted octanol–water partition coefficient (Wildman–Crippen LogP) is 3.52. The molecule has 0 atom stereocenters. The van der Waals surface area contributed by atoms with E-state index in [0.717, 1.165) is 12.3 Å². The summed E-state index contributed by atoms with van der Waals surface area (Å²) in [7, 11) is 0. The van der Waals surface area contributed by atoms with Crippen molar-refractivity contribution in [1.82, 2.24) is 5.32 Å². The average molecular weight is 277 g/mol. The van der Waals surface area contributed by atoms with E-state index in [1.54, 1.807) is 0 Å². The second-order valence-electron chi connectivity index (χ2n) is 5.81. The zero-order chi connectivity index (χ0) is 14.2. The van der Waals surface area contributed by atoms with Crippen LogP contribution in [0.5, 0.6) is 5.75 Å². The molecule has 1 aromatic carbocycles. The molecule has 1 aliphatic carbocycles. The molecule has 1 saturated carbocycles. The van der Waals surface area contributed by atoms with Crippen LogP contribution in [0.1, 0.15) is 45.1 Å². The first-order valence-corrected chi connectivity index (χ1v) is 7.81. The standard InChI is InChI=1S/C17H27NO2/c1-14(2)18-13-15-7-9-17(10-8-15)20-12-11-19-16-5-3-4-6-16/h7-10,14,16,18H,3-6,11-13H2,1-2H3. The van der Waals surface area contributed by atoms with Gasteiger partial charge in [0, 0.05) is 12.6 Å². The van der Waals surface area contributed by atoms with Crippen molar-refractivity contribution >= 4 is 0 Å². The highest BCUT2D eigenvalue weighted by Gasteiger charge is 2.14. The number of hydrogen-bond acceptors (Lipinski definition) is 3. The normalized spacial score (nSPS) is 15.9. The molecule has 0 spiro atoms. The third-order valence-electron chi connectivity index (χ3n) is 3.65. The summed E-state index contributed by atoms with van der Waals surface area (Å²) in [5.41, 5.74) is 1.29. The van der Waals surface area contributed by atoms with E-state index in [9.17, 15) is 0 Å².